The zero-order valence-corrected chi connectivity index (χ0v) is 19.0. The Bertz CT molecular complexity index is 1510. The van der Waals surface area contributed by atoms with Gasteiger partial charge in [0.15, 0.2) is 16.9 Å². The molecule has 35 heavy (non-hydrogen) atoms. The molecule has 1 unspecified atom stereocenters. The van der Waals surface area contributed by atoms with Gasteiger partial charge >= 0.3 is 0 Å². The molecule has 0 N–H and O–H groups in total. The van der Waals surface area contributed by atoms with Crippen LogP contribution in [0.25, 0.3) is 11.0 Å². The van der Waals surface area contributed by atoms with Crippen molar-refractivity contribution in [1.29, 1.82) is 0 Å². The fourth-order valence-corrected chi connectivity index (χ4v) is 4.53. The highest BCUT2D eigenvalue weighted by molar-refractivity contribution is 5.99. The summed E-state index contributed by atoms with van der Waals surface area (Å²) in [5, 5.41) is -0.000343. The van der Waals surface area contributed by atoms with Gasteiger partial charge in [0.25, 0.3) is 5.91 Å². The number of nitrogens with zero attached hydrogens (tertiary/aromatic N) is 1. The summed E-state index contributed by atoms with van der Waals surface area (Å²) < 4.78 is 45.2. The number of hydrogen-bond acceptors (Lipinski definition) is 5. The average Bonchev–Trinajstić information content (AvgIpc) is 3.14. The number of halogens is 2. The third-order valence-corrected chi connectivity index (χ3v) is 6.22. The van der Waals surface area contributed by atoms with Gasteiger partial charge in [0.2, 0.25) is 5.76 Å². The number of rotatable bonds is 6. The van der Waals surface area contributed by atoms with Crippen LogP contribution in [0.5, 0.6) is 11.5 Å². The Morgan fingerprint density at radius 1 is 0.943 bits per heavy atom. The Morgan fingerprint density at radius 3 is 2.46 bits per heavy atom. The SMILES string of the molecule is COc1ccc(CCN2C(=O)c3oc4ccc(F)cc4c(=O)c3C2c2ccccc2F)cc1OC. The minimum absolute atomic E-state index is 0.000343. The normalized spacial score (nSPS) is 14.9. The number of amides is 1. The molecule has 1 amide bonds. The molecule has 8 heteroatoms. The van der Waals surface area contributed by atoms with Crippen LogP contribution in [0.1, 0.15) is 33.3 Å². The van der Waals surface area contributed by atoms with Crippen molar-refractivity contribution in [2.45, 2.75) is 12.5 Å². The molecule has 0 saturated carbocycles. The zero-order chi connectivity index (χ0) is 24.7. The van der Waals surface area contributed by atoms with E-state index >= 15 is 0 Å². The van der Waals surface area contributed by atoms with Crippen LogP contribution in [0.2, 0.25) is 0 Å². The van der Waals surface area contributed by atoms with Crippen molar-refractivity contribution in [3.8, 4) is 11.5 Å². The Hall–Kier alpha value is -4.20. The van der Waals surface area contributed by atoms with Crippen LogP contribution >= 0.6 is 0 Å². The van der Waals surface area contributed by atoms with Crippen molar-refractivity contribution in [1.82, 2.24) is 4.90 Å². The van der Waals surface area contributed by atoms with Crippen molar-refractivity contribution < 1.29 is 27.5 Å². The molecular weight excluding hydrogens is 456 g/mol. The zero-order valence-electron chi connectivity index (χ0n) is 19.0. The first-order valence-electron chi connectivity index (χ1n) is 11.0. The molecule has 1 atom stereocenters. The van der Waals surface area contributed by atoms with Crippen LogP contribution in [0.15, 0.2) is 69.9 Å². The third-order valence-electron chi connectivity index (χ3n) is 6.22. The molecule has 1 aliphatic rings. The summed E-state index contributed by atoms with van der Waals surface area (Å²) in [7, 11) is 3.07. The number of hydrogen-bond donors (Lipinski definition) is 0. The highest BCUT2D eigenvalue weighted by atomic mass is 19.1. The number of carbonyl (C=O) groups excluding carboxylic acids is 1. The molecule has 0 saturated heterocycles. The van der Waals surface area contributed by atoms with E-state index in [1.54, 1.807) is 18.2 Å². The van der Waals surface area contributed by atoms with Gasteiger partial charge in [-0.2, -0.15) is 0 Å². The molecule has 0 spiro atoms. The van der Waals surface area contributed by atoms with Crippen LogP contribution in [0.4, 0.5) is 8.78 Å². The summed E-state index contributed by atoms with van der Waals surface area (Å²) in [6, 6.07) is 13.9. The largest absolute Gasteiger partial charge is 0.493 e. The number of benzene rings is 3. The van der Waals surface area contributed by atoms with Crippen LogP contribution in [0.3, 0.4) is 0 Å². The van der Waals surface area contributed by atoms with Crippen molar-refractivity contribution in [3.05, 3.63) is 105 Å². The van der Waals surface area contributed by atoms with Gasteiger partial charge < -0.3 is 18.8 Å². The van der Waals surface area contributed by atoms with Gasteiger partial charge in [-0.1, -0.05) is 24.3 Å². The molecule has 3 aromatic carbocycles. The predicted octanol–water partition coefficient (Wildman–Crippen LogP) is 4.88. The van der Waals surface area contributed by atoms with Crippen LogP contribution in [-0.2, 0) is 6.42 Å². The van der Waals surface area contributed by atoms with E-state index in [-0.39, 0.29) is 34.4 Å². The summed E-state index contributed by atoms with van der Waals surface area (Å²) in [5.74, 6) is -0.753. The molecule has 1 aliphatic heterocycles. The molecule has 2 heterocycles. The third kappa shape index (κ3) is 3.80. The van der Waals surface area contributed by atoms with Gasteiger partial charge in [-0.05, 0) is 48.4 Å². The lowest BCUT2D eigenvalue weighted by molar-refractivity contribution is 0.0728. The molecule has 178 valence electrons. The fourth-order valence-electron chi connectivity index (χ4n) is 4.53. The predicted molar refractivity (Wildman–Crippen MR) is 125 cm³/mol. The van der Waals surface area contributed by atoms with E-state index < -0.39 is 29.0 Å². The Morgan fingerprint density at radius 2 is 1.71 bits per heavy atom. The molecule has 0 radical (unpaired) electrons. The fraction of sp³-hybridized carbons (Fsp3) is 0.185. The molecule has 5 rings (SSSR count). The maximum absolute atomic E-state index is 14.9. The van der Waals surface area contributed by atoms with Crippen molar-refractivity contribution in [3.63, 3.8) is 0 Å². The Labute approximate surface area is 199 Å². The van der Waals surface area contributed by atoms with Crippen LogP contribution in [0, 0.1) is 11.6 Å². The first kappa shape index (κ1) is 22.6. The molecule has 0 bridgehead atoms. The smallest absolute Gasteiger partial charge is 0.290 e. The first-order chi connectivity index (χ1) is 16.9. The summed E-state index contributed by atoms with van der Waals surface area (Å²) >= 11 is 0. The molecule has 0 aliphatic carbocycles. The first-order valence-corrected chi connectivity index (χ1v) is 11.0. The summed E-state index contributed by atoms with van der Waals surface area (Å²) in [6.45, 7) is 0.168. The number of methoxy groups -OCH3 is 2. The maximum atomic E-state index is 14.9. The number of carbonyl (C=O) groups is 1. The highest BCUT2D eigenvalue weighted by Gasteiger charge is 2.43. The molecule has 6 nitrogen and oxygen atoms in total. The number of fused-ring (bicyclic) bond motifs is 2. The number of ether oxygens (including phenoxy) is 2. The Kier molecular flexibility index (Phi) is 5.72. The van der Waals surface area contributed by atoms with Gasteiger partial charge in [0.05, 0.1) is 31.2 Å². The molecular formula is C27H21F2NO5. The molecule has 1 aromatic heterocycles. The molecule has 0 fully saturated rings. The van der Waals surface area contributed by atoms with E-state index in [0.717, 1.165) is 17.7 Å². The summed E-state index contributed by atoms with van der Waals surface area (Å²) in [6.07, 6.45) is 0.396. The monoisotopic (exact) mass is 477 g/mol. The van der Waals surface area contributed by atoms with E-state index in [4.69, 9.17) is 13.9 Å². The topological polar surface area (TPSA) is 69.0 Å². The average molecular weight is 477 g/mol. The minimum Gasteiger partial charge on any atom is -0.493 e. The quantitative estimate of drug-likeness (QED) is 0.396. The second-order valence-electron chi connectivity index (χ2n) is 8.18. The lowest BCUT2D eigenvalue weighted by Crippen LogP contribution is -2.32. The van der Waals surface area contributed by atoms with Gasteiger partial charge in [0.1, 0.15) is 17.2 Å². The van der Waals surface area contributed by atoms with Crippen molar-refractivity contribution in [2.24, 2.45) is 0 Å². The second-order valence-corrected chi connectivity index (χ2v) is 8.18. The van der Waals surface area contributed by atoms with Crippen LogP contribution < -0.4 is 14.9 Å². The van der Waals surface area contributed by atoms with E-state index in [2.05, 4.69) is 0 Å². The van der Waals surface area contributed by atoms with E-state index in [1.807, 2.05) is 6.07 Å². The standard InChI is InChI=1S/C27H21F2NO5/c1-33-21-9-7-15(13-22(21)34-2)11-12-30-24(17-5-3-4-6-19(17)29)23-25(31)18-14-16(28)8-10-20(18)35-26(23)27(30)32/h3-10,13-14,24H,11-12H2,1-2H3. The van der Waals surface area contributed by atoms with Crippen molar-refractivity contribution in [2.75, 3.05) is 20.8 Å². The molecule has 4 aromatic rings. The maximum Gasteiger partial charge on any atom is 0.290 e. The van der Waals surface area contributed by atoms with Gasteiger partial charge in [-0.15, -0.1) is 0 Å². The van der Waals surface area contributed by atoms with E-state index in [1.165, 1.54) is 43.4 Å². The van der Waals surface area contributed by atoms with Gasteiger partial charge in [-0.3, -0.25) is 9.59 Å². The van der Waals surface area contributed by atoms with Crippen LogP contribution in [-0.4, -0.2) is 31.6 Å². The lowest BCUT2D eigenvalue weighted by atomic mass is 9.97. The second kappa shape index (κ2) is 8.87. The highest BCUT2D eigenvalue weighted by Crippen LogP contribution is 2.39. The van der Waals surface area contributed by atoms with Gasteiger partial charge in [0, 0.05) is 12.1 Å². The van der Waals surface area contributed by atoms with E-state index in [0.29, 0.717) is 17.9 Å². The van der Waals surface area contributed by atoms with Crippen molar-refractivity contribution >= 4 is 16.9 Å². The van der Waals surface area contributed by atoms with E-state index in [9.17, 15) is 18.4 Å². The lowest BCUT2D eigenvalue weighted by Gasteiger charge is -2.25. The summed E-state index contributed by atoms with van der Waals surface area (Å²) in [5.41, 5.74) is 0.555. The Balaban J connectivity index is 1.60. The summed E-state index contributed by atoms with van der Waals surface area (Å²) in [4.78, 5) is 28.3. The van der Waals surface area contributed by atoms with Gasteiger partial charge in [-0.25, -0.2) is 8.78 Å². The minimum atomic E-state index is -1.01.